The number of oxazole rings is 1. The second-order valence-electron chi connectivity index (χ2n) is 5.55. The maximum absolute atomic E-state index is 13.2. The third-order valence-corrected chi connectivity index (χ3v) is 3.88. The number of rotatable bonds is 4. The topological polar surface area (TPSA) is 61.0 Å². The quantitative estimate of drug-likeness (QED) is 0.539. The van der Waals surface area contributed by atoms with Gasteiger partial charge >= 0.3 is 0 Å². The van der Waals surface area contributed by atoms with E-state index in [4.69, 9.17) is 9.15 Å². The van der Waals surface area contributed by atoms with Gasteiger partial charge in [-0.1, -0.05) is 0 Å². The maximum Gasteiger partial charge on any atom is 0.227 e. The van der Waals surface area contributed by atoms with Crippen molar-refractivity contribution in [3.63, 3.8) is 0 Å². The summed E-state index contributed by atoms with van der Waals surface area (Å²) in [5.74, 6) is 1.29. The average molecular weight is 347 g/mol. The Bertz CT molecular complexity index is 1030. The molecule has 3 heterocycles. The van der Waals surface area contributed by atoms with Gasteiger partial charge in [0, 0.05) is 35.3 Å². The molecule has 0 saturated carbocycles. The first-order chi connectivity index (χ1) is 12.7. The van der Waals surface area contributed by atoms with Gasteiger partial charge in [0.1, 0.15) is 17.3 Å². The summed E-state index contributed by atoms with van der Waals surface area (Å²) in [6.45, 7) is 0. The Morgan fingerprint density at radius 1 is 0.885 bits per heavy atom. The highest BCUT2D eigenvalue weighted by molar-refractivity contribution is 5.79. The Hall–Kier alpha value is -3.54. The summed E-state index contributed by atoms with van der Waals surface area (Å²) in [4.78, 5) is 12.9. The van der Waals surface area contributed by atoms with Crippen LogP contribution in [0.1, 0.15) is 0 Å². The predicted molar refractivity (Wildman–Crippen MR) is 94.9 cm³/mol. The summed E-state index contributed by atoms with van der Waals surface area (Å²) in [5.41, 5.74) is 2.90. The molecule has 0 saturated heterocycles. The normalized spacial score (nSPS) is 10.7. The van der Waals surface area contributed by atoms with Crippen LogP contribution >= 0.6 is 0 Å². The molecule has 0 atom stereocenters. The van der Waals surface area contributed by atoms with Gasteiger partial charge in [0.2, 0.25) is 5.89 Å². The number of hydrogen-bond acceptors (Lipinski definition) is 5. The van der Waals surface area contributed by atoms with Gasteiger partial charge in [-0.15, -0.1) is 0 Å². The molecule has 0 bridgehead atoms. The van der Waals surface area contributed by atoms with Crippen LogP contribution in [0.2, 0.25) is 0 Å². The number of halogens is 1. The number of benzene rings is 1. The van der Waals surface area contributed by atoms with Gasteiger partial charge < -0.3 is 9.15 Å². The highest BCUT2D eigenvalue weighted by atomic mass is 19.1. The molecule has 128 valence electrons. The SMILES string of the molecule is COc1cncc(-c2nc(-c3ccc(F)cc3)oc2-c2ccncc2)c1. The lowest BCUT2D eigenvalue weighted by atomic mass is 10.1. The Labute approximate surface area is 149 Å². The highest BCUT2D eigenvalue weighted by Crippen LogP contribution is 2.36. The Morgan fingerprint density at radius 3 is 2.38 bits per heavy atom. The van der Waals surface area contributed by atoms with E-state index in [0.717, 1.165) is 11.1 Å². The van der Waals surface area contributed by atoms with Crippen LogP contribution in [0, 0.1) is 5.82 Å². The van der Waals surface area contributed by atoms with Crippen molar-refractivity contribution < 1.29 is 13.5 Å². The third kappa shape index (κ3) is 3.04. The van der Waals surface area contributed by atoms with Crippen LogP contribution in [0.5, 0.6) is 5.75 Å². The molecule has 0 unspecified atom stereocenters. The fraction of sp³-hybridized carbons (Fsp3) is 0.0500. The molecule has 0 N–H and O–H groups in total. The number of methoxy groups -OCH3 is 1. The second-order valence-corrected chi connectivity index (χ2v) is 5.55. The lowest BCUT2D eigenvalue weighted by molar-refractivity contribution is 0.413. The standard InChI is InChI=1S/C20H14FN3O2/c1-25-17-10-15(11-23-12-17)18-19(13-6-8-22-9-7-13)26-20(24-18)14-2-4-16(21)5-3-14/h2-12H,1H3. The minimum atomic E-state index is -0.313. The van der Waals surface area contributed by atoms with E-state index >= 15 is 0 Å². The van der Waals surface area contributed by atoms with E-state index in [1.165, 1.54) is 12.1 Å². The summed E-state index contributed by atoms with van der Waals surface area (Å²) in [7, 11) is 1.58. The lowest BCUT2D eigenvalue weighted by Gasteiger charge is -2.03. The zero-order valence-electron chi connectivity index (χ0n) is 13.9. The van der Waals surface area contributed by atoms with Crippen molar-refractivity contribution in [2.24, 2.45) is 0 Å². The van der Waals surface area contributed by atoms with Gasteiger partial charge in [0.25, 0.3) is 0 Å². The molecule has 0 aliphatic heterocycles. The molecule has 6 heteroatoms. The van der Waals surface area contributed by atoms with Gasteiger partial charge in [-0.25, -0.2) is 9.37 Å². The van der Waals surface area contributed by atoms with Gasteiger partial charge in [0.05, 0.1) is 13.3 Å². The van der Waals surface area contributed by atoms with Crippen molar-refractivity contribution in [3.05, 3.63) is 73.1 Å². The molecule has 5 nitrogen and oxygen atoms in total. The number of aromatic nitrogens is 3. The van der Waals surface area contributed by atoms with Crippen molar-refractivity contribution in [2.45, 2.75) is 0 Å². The fourth-order valence-electron chi connectivity index (χ4n) is 2.59. The minimum Gasteiger partial charge on any atom is -0.495 e. The van der Waals surface area contributed by atoms with Crippen LogP contribution in [-0.4, -0.2) is 22.1 Å². The summed E-state index contributed by atoms with van der Waals surface area (Å²) >= 11 is 0. The molecule has 0 spiro atoms. The Kier molecular flexibility index (Phi) is 4.15. The number of hydrogen-bond donors (Lipinski definition) is 0. The molecule has 4 aromatic rings. The molecule has 1 aromatic carbocycles. The first-order valence-corrected chi connectivity index (χ1v) is 7.91. The van der Waals surface area contributed by atoms with Crippen molar-refractivity contribution >= 4 is 0 Å². The van der Waals surface area contributed by atoms with Gasteiger partial charge in [-0.05, 0) is 42.5 Å². The molecule has 0 radical (unpaired) electrons. The van der Waals surface area contributed by atoms with E-state index in [-0.39, 0.29) is 5.82 Å². The smallest absolute Gasteiger partial charge is 0.227 e. The van der Waals surface area contributed by atoms with Crippen molar-refractivity contribution in [1.29, 1.82) is 0 Å². The van der Waals surface area contributed by atoms with Crippen LogP contribution in [0.25, 0.3) is 34.0 Å². The van der Waals surface area contributed by atoms with Gasteiger partial charge in [-0.3, -0.25) is 9.97 Å². The van der Waals surface area contributed by atoms with E-state index < -0.39 is 0 Å². The monoisotopic (exact) mass is 347 g/mol. The van der Waals surface area contributed by atoms with Crippen molar-refractivity contribution in [2.75, 3.05) is 7.11 Å². The number of ether oxygens (including phenoxy) is 1. The fourth-order valence-corrected chi connectivity index (χ4v) is 2.59. The summed E-state index contributed by atoms with van der Waals surface area (Å²) in [6.07, 6.45) is 6.68. The van der Waals surface area contributed by atoms with Crippen LogP contribution < -0.4 is 4.74 Å². The van der Waals surface area contributed by atoms with Gasteiger partial charge in [-0.2, -0.15) is 0 Å². The second kappa shape index (κ2) is 6.76. The van der Waals surface area contributed by atoms with Gasteiger partial charge in [0.15, 0.2) is 5.76 Å². The predicted octanol–water partition coefficient (Wildman–Crippen LogP) is 4.61. The number of nitrogens with zero attached hydrogens (tertiary/aromatic N) is 3. The van der Waals surface area contributed by atoms with Crippen LogP contribution in [0.3, 0.4) is 0 Å². The van der Waals surface area contributed by atoms with E-state index in [1.807, 2.05) is 18.2 Å². The molecule has 0 fully saturated rings. The Balaban J connectivity index is 1.89. The summed E-state index contributed by atoms with van der Waals surface area (Å²) in [5, 5.41) is 0. The average Bonchev–Trinajstić information content (AvgIpc) is 3.15. The van der Waals surface area contributed by atoms with Crippen LogP contribution in [0.4, 0.5) is 4.39 Å². The van der Waals surface area contributed by atoms with E-state index in [2.05, 4.69) is 15.0 Å². The largest absolute Gasteiger partial charge is 0.495 e. The molecule has 0 aliphatic rings. The zero-order chi connectivity index (χ0) is 17.9. The number of pyridine rings is 2. The maximum atomic E-state index is 13.2. The van der Waals surface area contributed by atoms with E-state index in [1.54, 1.807) is 44.0 Å². The third-order valence-electron chi connectivity index (χ3n) is 3.88. The van der Waals surface area contributed by atoms with Crippen LogP contribution in [-0.2, 0) is 0 Å². The molecular weight excluding hydrogens is 333 g/mol. The molecular formula is C20H14FN3O2. The first kappa shape index (κ1) is 16.0. The molecule has 26 heavy (non-hydrogen) atoms. The molecule has 4 rings (SSSR count). The highest BCUT2D eigenvalue weighted by Gasteiger charge is 2.19. The summed E-state index contributed by atoms with van der Waals surface area (Å²) in [6, 6.07) is 11.5. The lowest BCUT2D eigenvalue weighted by Crippen LogP contribution is -1.88. The molecule has 0 amide bonds. The Morgan fingerprint density at radius 2 is 1.65 bits per heavy atom. The van der Waals surface area contributed by atoms with Crippen molar-refractivity contribution in [1.82, 2.24) is 15.0 Å². The van der Waals surface area contributed by atoms with Crippen LogP contribution in [0.15, 0.2) is 71.7 Å². The summed E-state index contributed by atoms with van der Waals surface area (Å²) < 4.78 is 24.5. The molecule has 3 aromatic heterocycles. The van der Waals surface area contributed by atoms with E-state index in [0.29, 0.717) is 28.7 Å². The van der Waals surface area contributed by atoms with E-state index in [9.17, 15) is 4.39 Å². The minimum absolute atomic E-state index is 0.313. The first-order valence-electron chi connectivity index (χ1n) is 7.91. The van der Waals surface area contributed by atoms with Crippen molar-refractivity contribution in [3.8, 4) is 39.8 Å². The zero-order valence-corrected chi connectivity index (χ0v) is 13.9. The molecule has 0 aliphatic carbocycles.